The molecule has 1 aromatic carbocycles. The van der Waals surface area contributed by atoms with Crippen LogP contribution in [0, 0.1) is 13.8 Å². The highest BCUT2D eigenvalue weighted by molar-refractivity contribution is 5.83. The number of benzene rings is 1. The monoisotopic (exact) mass is 233 g/mol. The fourth-order valence-corrected chi connectivity index (χ4v) is 1.48. The molecule has 0 aliphatic rings. The maximum Gasteiger partial charge on any atom is 0.332 e. The van der Waals surface area contributed by atoms with Gasteiger partial charge in [0.15, 0.2) is 0 Å². The van der Waals surface area contributed by atoms with E-state index in [-0.39, 0.29) is 5.97 Å². The first kappa shape index (κ1) is 13.3. The third kappa shape index (κ3) is 4.31. The van der Waals surface area contributed by atoms with E-state index >= 15 is 0 Å². The highest BCUT2D eigenvalue weighted by Crippen LogP contribution is 2.18. The summed E-state index contributed by atoms with van der Waals surface area (Å²) < 4.78 is 4.85. The zero-order valence-electron chi connectivity index (χ0n) is 10.8. The number of anilines is 1. The topological polar surface area (TPSA) is 38.3 Å². The van der Waals surface area contributed by atoms with Crippen LogP contribution < -0.4 is 5.32 Å². The van der Waals surface area contributed by atoms with Gasteiger partial charge in [0.25, 0.3) is 0 Å². The van der Waals surface area contributed by atoms with Gasteiger partial charge in [-0.1, -0.05) is 12.1 Å². The Kier molecular flexibility index (Phi) is 4.76. The molecule has 0 aliphatic carbocycles. The maximum absolute atomic E-state index is 11.3. The lowest BCUT2D eigenvalue weighted by Gasteiger charge is -2.10. The molecular weight excluding hydrogens is 214 g/mol. The average molecular weight is 233 g/mol. The van der Waals surface area contributed by atoms with Crippen LogP contribution in [0.4, 0.5) is 5.69 Å². The Morgan fingerprint density at radius 3 is 2.76 bits per heavy atom. The van der Waals surface area contributed by atoms with Crippen molar-refractivity contribution < 1.29 is 9.53 Å². The van der Waals surface area contributed by atoms with Gasteiger partial charge in [0.1, 0.15) is 0 Å². The number of hydrogen-bond acceptors (Lipinski definition) is 3. The lowest BCUT2D eigenvalue weighted by molar-refractivity contribution is -0.137. The van der Waals surface area contributed by atoms with E-state index in [1.807, 2.05) is 20.8 Å². The minimum Gasteiger partial charge on any atom is -0.463 e. The molecule has 0 saturated carbocycles. The summed E-state index contributed by atoms with van der Waals surface area (Å²) in [4.78, 5) is 11.3. The second-order valence-electron chi connectivity index (χ2n) is 4.02. The Labute approximate surface area is 102 Å². The van der Waals surface area contributed by atoms with E-state index in [2.05, 4.69) is 23.5 Å². The van der Waals surface area contributed by atoms with Crippen molar-refractivity contribution >= 4 is 11.7 Å². The Hall–Kier alpha value is -1.77. The summed E-state index contributed by atoms with van der Waals surface area (Å²) in [6.45, 7) is 8.10. The van der Waals surface area contributed by atoms with Crippen molar-refractivity contribution in [3.8, 4) is 0 Å². The van der Waals surface area contributed by atoms with Crippen molar-refractivity contribution in [1.82, 2.24) is 0 Å². The van der Waals surface area contributed by atoms with Crippen LogP contribution in [0.15, 0.2) is 30.0 Å². The number of ether oxygens (including phenoxy) is 1. The lowest BCUT2D eigenvalue weighted by atomic mass is 10.1. The van der Waals surface area contributed by atoms with Gasteiger partial charge in [-0.15, -0.1) is 0 Å². The van der Waals surface area contributed by atoms with Gasteiger partial charge in [0.2, 0.25) is 0 Å². The largest absolute Gasteiger partial charge is 0.463 e. The highest BCUT2D eigenvalue weighted by atomic mass is 16.5. The summed E-state index contributed by atoms with van der Waals surface area (Å²) >= 11 is 0. The lowest BCUT2D eigenvalue weighted by Crippen LogP contribution is -2.05. The summed E-state index contributed by atoms with van der Waals surface area (Å²) in [5.41, 5.74) is 4.12. The Balaban J connectivity index is 2.77. The van der Waals surface area contributed by atoms with Crippen LogP contribution in [0.5, 0.6) is 0 Å². The quantitative estimate of drug-likeness (QED) is 0.641. The van der Waals surface area contributed by atoms with E-state index in [1.165, 1.54) is 11.6 Å². The molecule has 0 heterocycles. The zero-order chi connectivity index (χ0) is 12.8. The molecule has 0 unspecified atom stereocenters. The number of esters is 1. The summed E-state index contributed by atoms with van der Waals surface area (Å²) in [7, 11) is 0. The van der Waals surface area contributed by atoms with E-state index in [1.54, 1.807) is 6.92 Å². The van der Waals surface area contributed by atoms with Crippen LogP contribution in [0.25, 0.3) is 0 Å². The SMILES string of the molecule is CCOC(=O)C=C(C)Nc1cc(C)ccc1C. The van der Waals surface area contributed by atoms with Crippen LogP contribution in [0.2, 0.25) is 0 Å². The number of nitrogens with one attached hydrogen (secondary N) is 1. The Bertz CT molecular complexity index is 436. The number of carbonyl (C=O) groups is 1. The normalized spacial score (nSPS) is 11.2. The molecule has 17 heavy (non-hydrogen) atoms. The number of aryl methyl sites for hydroxylation is 2. The van der Waals surface area contributed by atoms with Crippen LogP contribution in [0.1, 0.15) is 25.0 Å². The summed E-state index contributed by atoms with van der Waals surface area (Å²) in [6.07, 6.45) is 1.46. The molecular formula is C14H19NO2. The first-order valence-electron chi connectivity index (χ1n) is 5.72. The predicted octanol–water partition coefficient (Wildman–Crippen LogP) is 3.18. The molecule has 0 spiro atoms. The van der Waals surface area contributed by atoms with E-state index < -0.39 is 0 Å². The number of rotatable bonds is 4. The van der Waals surface area contributed by atoms with Gasteiger partial charge in [-0.2, -0.15) is 0 Å². The van der Waals surface area contributed by atoms with Gasteiger partial charge in [0.05, 0.1) is 6.61 Å². The third-order valence-electron chi connectivity index (χ3n) is 2.35. The van der Waals surface area contributed by atoms with Crippen molar-refractivity contribution in [1.29, 1.82) is 0 Å². The van der Waals surface area contributed by atoms with Gasteiger partial charge < -0.3 is 10.1 Å². The van der Waals surface area contributed by atoms with Crippen molar-refractivity contribution in [2.75, 3.05) is 11.9 Å². The molecule has 3 nitrogen and oxygen atoms in total. The van der Waals surface area contributed by atoms with Crippen LogP contribution in [-0.2, 0) is 9.53 Å². The fraction of sp³-hybridized carbons (Fsp3) is 0.357. The first-order chi connectivity index (χ1) is 8.02. The Morgan fingerprint density at radius 1 is 1.41 bits per heavy atom. The standard InChI is InChI=1S/C14H19NO2/c1-5-17-14(16)9-12(4)15-13-8-10(2)6-7-11(13)3/h6-9,15H,5H2,1-4H3. The van der Waals surface area contributed by atoms with E-state index in [0.29, 0.717) is 6.61 Å². The van der Waals surface area contributed by atoms with Gasteiger partial charge in [0, 0.05) is 17.5 Å². The minimum atomic E-state index is -0.317. The van der Waals surface area contributed by atoms with E-state index in [0.717, 1.165) is 16.9 Å². The predicted molar refractivity (Wildman–Crippen MR) is 69.9 cm³/mol. The molecule has 0 bridgehead atoms. The molecule has 0 saturated heterocycles. The smallest absolute Gasteiger partial charge is 0.332 e. The van der Waals surface area contributed by atoms with Crippen molar-refractivity contribution in [3.05, 3.63) is 41.1 Å². The van der Waals surface area contributed by atoms with Gasteiger partial charge in [-0.05, 0) is 44.9 Å². The Morgan fingerprint density at radius 2 is 2.12 bits per heavy atom. The molecule has 1 aromatic rings. The fourth-order valence-electron chi connectivity index (χ4n) is 1.48. The van der Waals surface area contributed by atoms with Crippen molar-refractivity contribution in [2.24, 2.45) is 0 Å². The van der Waals surface area contributed by atoms with E-state index in [9.17, 15) is 4.79 Å². The van der Waals surface area contributed by atoms with Crippen molar-refractivity contribution in [3.63, 3.8) is 0 Å². The van der Waals surface area contributed by atoms with Gasteiger partial charge >= 0.3 is 5.97 Å². The van der Waals surface area contributed by atoms with E-state index in [4.69, 9.17) is 4.74 Å². The van der Waals surface area contributed by atoms with Crippen LogP contribution in [0.3, 0.4) is 0 Å². The summed E-state index contributed by atoms with van der Waals surface area (Å²) in [6, 6.07) is 6.16. The molecule has 1 N–H and O–H groups in total. The molecule has 0 fully saturated rings. The zero-order valence-corrected chi connectivity index (χ0v) is 10.8. The van der Waals surface area contributed by atoms with Crippen LogP contribution in [-0.4, -0.2) is 12.6 Å². The van der Waals surface area contributed by atoms with Gasteiger partial charge in [-0.25, -0.2) is 4.79 Å². The third-order valence-corrected chi connectivity index (χ3v) is 2.35. The first-order valence-corrected chi connectivity index (χ1v) is 5.72. The van der Waals surface area contributed by atoms with Gasteiger partial charge in [-0.3, -0.25) is 0 Å². The van der Waals surface area contributed by atoms with Crippen molar-refractivity contribution in [2.45, 2.75) is 27.7 Å². The molecule has 1 rings (SSSR count). The highest BCUT2D eigenvalue weighted by Gasteiger charge is 2.01. The minimum absolute atomic E-state index is 0.317. The van der Waals surface area contributed by atoms with Crippen LogP contribution >= 0.6 is 0 Å². The number of carbonyl (C=O) groups excluding carboxylic acids is 1. The average Bonchev–Trinajstić information content (AvgIpc) is 2.23. The molecule has 0 aliphatic heterocycles. The molecule has 3 heteroatoms. The second-order valence-corrected chi connectivity index (χ2v) is 4.02. The molecule has 0 atom stereocenters. The second kappa shape index (κ2) is 6.09. The molecule has 0 aromatic heterocycles. The molecule has 92 valence electrons. The molecule has 0 amide bonds. The molecule has 0 radical (unpaired) electrons. The number of hydrogen-bond donors (Lipinski definition) is 1. The summed E-state index contributed by atoms with van der Waals surface area (Å²) in [5.74, 6) is -0.317. The number of allylic oxidation sites excluding steroid dienone is 1. The maximum atomic E-state index is 11.3. The summed E-state index contributed by atoms with van der Waals surface area (Å²) in [5, 5.41) is 3.20.